The van der Waals surface area contributed by atoms with Gasteiger partial charge in [-0.25, -0.2) is 8.78 Å². The highest BCUT2D eigenvalue weighted by Crippen LogP contribution is 2.37. The maximum Gasteiger partial charge on any atom is 0.126 e. The smallest absolute Gasteiger partial charge is 0.126 e. The number of benzene rings is 1. The first-order valence-electron chi connectivity index (χ1n) is 7.41. The molecule has 2 saturated heterocycles. The van der Waals surface area contributed by atoms with Crippen molar-refractivity contribution in [2.45, 2.75) is 37.4 Å². The molecule has 116 valence electrons. The largest absolute Gasteiger partial charge is 0.392 e. The quantitative estimate of drug-likeness (QED) is 0.931. The van der Waals surface area contributed by atoms with Crippen molar-refractivity contribution in [2.24, 2.45) is 5.92 Å². The summed E-state index contributed by atoms with van der Waals surface area (Å²) >= 11 is 0. The third kappa shape index (κ3) is 3.42. The second-order valence-electron chi connectivity index (χ2n) is 6.14. The molecule has 5 heteroatoms. The highest BCUT2D eigenvalue weighted by atomic mass is 19.1. The highest BCUT2D eigenvalue weighted by Gasteiger charge is 2.42. The van der Waals surface area contributed by atoms with E-state index in [1.165, 1.54) is 12.1 Å². The van der Waals surface area contributed by atoms with Crippen LogP contribution in [0.5, 0.6) is 0 Å². The van der Waals surface area contributed by atoms with Gasteiger partial charge in [-0.3, -0.25) is 0 Å². The minimum atomic E-state index is -0.618. The molecule has 3 atom stereocenters. The molecule has 3 unspecified atom stereocenters. The molecule has 0 saturated carbocycles. The van der Waals surface area contributed by atoms with E-state index in [-0.39, 0.29) is 17.9 Å². The lowest BCUT2D eigenvalue weighted by molar-refractivity contribution is -0.116. The van der Waals surface area contributed by atoms with E-state index in [0.717, 1.165) is 25.3 Å². The van der Waals surface area contributed by atoms with Crippen molar-refractivity contribution in [3.05, 3.63) is 35.4 Å². The fourth-order valence-electron chi connectivity index (χ4n) is 3.39. The predicted molar refractivity (Wildman–Crippen MR) is 72.9 cm³/mol. The van der Waals surface area contributed by atoms with Crippen molar-refractivity contribution in [2.75, 3.05) is 19.8 Å². The van der Waals surface area contributed by atoms with E-state index in [0.29, 0.717) is 25.4 Å². The van der Waals surface area contributed by atoms with Crippen molar-refractivity contribution < 1.29 is 23.4 Å². The van der Waals surface area contributed by atoms with Crippen LogP contribution in [-0.4, -0.2) is 36.6 Å². The lowest BCUT2D eigenvalue weighted by Crippen LogP contribution is -2.44. The molecule has 1 N–H and O–H groups in total. The molecular formula is C16H20F2O3. The Morgan fingerprint density at radius 3 is 2.67 bits per heavy atom. The molecule has 1 aromatic carbocycles. The zero-order valence-corrected chi connectivity index (χ0v) is 11.9. The molecule has 0 amide bonds. The van der Waals surface area contributed by atoms with Gasteiger partial charge in [-0.2, -0.15) is 0 Å². The molecule has 2 fully saturated rings. The molecular weight excluding hydrogens is 278 g/mol. The average Bonchev–Trinajstić information content (AvgIpc) is 2.85. The van der Waals surface area contributed by atoms with Crippen molar-refractivity contribution in [1.82, 2.24) is 0 Å². The second kappa shape index (κ2) is 5.99. The number of aliphatic hydroxyl groups is 1. The van der Waals surface area contributed by atoms with Crippen LogP contribution in [0.3, 0.4) is 0 Å². The maximum atomic E-state index is 13.2. The zero-order chi connectivity index (χ0) is 14.9. The van der Waals surface area contributed by atoms with Gasteiger partial charge in [-0.1, -0.05) is 0 Å². The second-order valence-corrected chi connectivity index (χ2v) is 6.14. The third-order valence-corrected chi connectivity index (χ3v) is 4.51. The number of halogens is 2. The topological polar surface area (TPSA) is 38.7 Å². The SMILES string of the molecule is OC(Cc1cc(F)cc(F)c1)C1CCOC2(CCOC2)C1. The summed E-state index contributed by atoms with van der Waals surface area (Å²) in [5.74, 6) is -1.14. The first kappa shape index (κ1) is 14.9. The van der Waals surface area contributed by atoms with Crippen LogP contribution in [0.4, 0.5) is 8.78 Å². The summed E-state index contributed by atoms with van der Waals surface area (Å²) in [5.41, 5.74) is 0.222. The number of hydrogen-bond donors (Lipinski definition) is 1. The van der Waals surface area contributed by atoms with Crippen LogP contribution in [0.15, 0.2) is 18.2 Å². The van der Waals surface area contributed by atoms with Gasteiger partial charge < -0.3 is 14.6 Å². The Kier molecular flexibility index (Phi) is 4.24. The minimum absolute atomic E-state index is 0.0757. The van der Waals surface area contributed by atoms with Gasteiger partial charge >= 0.3 is 0 Å². The van der Waals surface area contributed by atoms with Gasteiger partial charge in [0.05, 0.1) is 18.3 Å². The summed E-state index contributed by atoms with van der Waals surface area (Å²) in [6.07, 6.45) is 2.00. The van der Waals surface area contributed by atoms with Gasteiger partial charge in [0.2, 0.25) is 0 Å². The number of rotatable bonds is 3. The minimum Gasteiger partial charge on any atom is -0.392 e. The van der Waals surface area contributed by atoms with Crippen LogP contribution in [0.2, 0.25) is 0 Å². The lowest BCUT2D eigenvalue weighted by Gasteiger charge is -2.39. The van der Waals surface area contributed by atoms with E-state index in [1.807, 2.05) is 0 Å². The van der Waals surface area contributed by atoms with E-state index in [2.05, 4.69) is 0 Å². The van der Waals surface area contributed by atoms with Crippen molar-refractivity contribution >= 4 is 0 Å². The molecule has 0 aromatic heterocycles. The molecule has 0 aliphatic carbocycles. The van der Waals surface area contributed by atoms with Crippen molar-refractivity contribution in [3.8, 4) is 0 Å². The Morgan fingerprint density at radius 1 is 1.24 bits per heavy atom. The maximum absolute atomic E-state index is 13.2. The first-order valence-corrected chi connectivity index (χ1v) is 7.41. The Labute approximate surface area is 122 Å². The summed E-state index contributed by atoms with van der Waals surface area (Å²) in [4.78, 5) is 0. The van der Waals surface area contributed by atoms with Crippen molar-refractivity contribution in [1.29, 1.82) is 0 Å². The molecule has 1 aromatic rings. The molecule has 3 nitrogen and oxygen atoms in total. The summed E-state index contributed by atoms with van der Waals surface area (Å²) in [6, 6.07) is 3.40. The molecule has 21 heavy (non-hydrogen) atoms. The molecule has 0 radical (unpaired) electrons. The van der Waals surface area contributed by atoms with Gasteiger partial charge in [-0.05, 0) is 42.9 Å². The Bertz CT molecular complexity index is 480. The molecule has 0 bridgehead atoms. The van der Waals surface area contributed by atoms with Crippen LogP contribution >= 0.6 is 0 Å². The molecule has 3 rings (SSSR count). The molecule has 2 heterocycles. The van der Waals surface area contributed by atoms with Crippen molar-refractivity contribution in [3.63, 3.8) is 0 Å². The van der Waals surface area contributed by atoms with Crippen LogP contribution in [-0.2, 0) is 15.9 Å². The Balaban J connectivity index is 1.65. The molecule has 2 aliphatic rings. The van der Waals surface area contributed by atoms with Crippen LogP contribution < -0.4 is 0 Å². The summed E-state index contributed by atoms with van der Waals surface area (Å²) < 4.78 is 37.7. The van der Waals surface area contributed by atoms with Gasteiger partial charge in [0.15, 0.2) is 0 Å². The predicted octanol–water partition coefficient (Wildman–Crippen LogP) is 2.45. The lowest BCUT2D eigenvalue weighted by atomic mass is 9.80. The van der Waals surface area contributed by atoms with Gasteiger partial charge in [-0.15, -0.1) is 0 Å². The van der Waals surface area contributed by atoms with E-state index >= 15 is 0 Å². The molecule has 2 aliphatic heterocycles. The third-order valence-electron chi connectivity index (χ3n) is 4.51. The fourth-order valence-corrected chi connectivity index (χ4v) is 3.39. The summed E-state index contributed by atoms with van der Waals surface area (Å²) in [6.45, 7) is 1.87. The normalized spacial score (nSPS) is 30.7. The van der Waals surface area contributed by atoms with E-state index in [9.17, 15) is 13.9 Å². The molecule has 1 spiro atoms. The number of aliphatic hydroxyl groups excluding tert-OH is 1. The standard InChI is InChI=1S/C16H20F2O3/c17-13-5-11(6-14(18)8-13)7-15(19)12-1-3-21-16(9-12)2-4-20-10-16/h5-6,8,12,15,19H,1-4,7,9-10H2. The van der Waals surface area contributed by atoms with Gasteiger partial charge in [0.1, 0.15) is 11.6 Å². The van der Waals surface area contributed by atoms with Gasteiger partial charge in [0, 0.05) is 25.7 Å². The van der Waals surface area contributed by atoms with Gasteiger partial charge in [0.25, 0.3) is 0 Å². The highest BCUT2D eigenvalue weighted by molar-refractivity contribution is 5.19. The monoisotopic (exact) mass is 298 g/mol. The van der Waals surface area contributed by atoms with E-state index < -0.39 is 17.7 Å². The Hall–Kier alpha value is -1.04. The first-order chi connectivity index (χ1) is 10.1. The van der Waals surface area contributed by atoms with E-state index in [1.54, 1.807) is 0 Å². The van der Waals surface area contributed by atoms with Crippen LogP contribution in [0.1, 0.15) is 24.8 Å². The summed E-state index contributed by atoms with van der Waals surface area (Å²) in [5, 5.41) is 10.4. The van der Waals surface area contributed by atoms with Crippen LogP contribution in [0, 0.1) is 17.6 Å². The fraction of sp³-hybridized carbons (Fsp3) is 0.625. The number of ether oxygens (including phenoxy) is 2. The van der Waals surface area contributed by atoms with E-state index in [4.69, 9.17) is 9.47 Å². The Morgan fingerprint density at radius 2 is 2.00 bits per heavy atom. The zero-order valence-electron chi connectivity index (χ0n) is 11.9. The average molecular weight is 298 g/mol. The summed E-state index contributed by atoms with van der Waals surface area (Å²) in [7, 11) is 0. The van der Waals surface area contributed by atoms with Crippen LogP contribution in [0.25, 0.3) is 0 Å². The number of hydrogen-bond acceptors (Lipinski definition) is 3.